The number of aromatic nitrogens is 1. The number of phenolic OH excluding ortho intramolecular Hbond substituents is 1. The van der Waals surface area contributed by atoms with Gasteiger partial charge in [0.05, 0.1) is 5.52 Å². The Morgan fingerprint density at radius 2 is 1.65 bits per heavy atom. The smallest absolute Gasteiger partial charge is 0.163 e. The van der Waals surface area contributed by atoms with Crippen LogP contribution in [0.5, 0.6) is 5.75 Å². The molecule has 0 aliphatic carbocycles. The molecule has 3 heteroatoms. The number of rotatable bonds is 3. The third-order valence-electron chi connectivity index (χ3n) is 3.56. The topological polar surface area (TPSA) is 50.2 Å². The van der Waals surface area contributed by atoms with Crippen LogP contribution in [0.15, 0.2) is 54.7 Å². The molecule has 3 rings (SSSR count). The average Bonchev–Trinajstić information content (AvgIpc) is 2.62. The van der Waals surface area contributed by atoms with E-state index in [9.17, 15) is 9.90 Å². The van der Waals surface area contributed by atoms with Crippen LogP contribution in [0.25, 0.3) is 22.0 Å². The van der Waals surface area contributed by atoms with E-state index in [0.29, 0.717) is 6.42 Å². The highest BCUT2D eigenvalue weighted by Gasteiger charge is 2.09. The van der Waals surface area contributed by atoms with Crippen molar-refractivity contribution in [1.29, 1.82) is 0 Å². The van der Waals surface area contributed by atoms with Crippen molar-refractivity contribution in [2.45, 2.75) is 27.2 Å². The van der Waals surface area contributed by atoms with Gasteiger partial charge in [-0.25, -0.2) is 0 Å². The van der Waals surface area contributed by atoms with Crippen LogP contribution in [-0.2, 0) is 0 Å². The fourth-order valence-electron chi connectivity index (χ4n) is 2.42. The zero-order chi connectivity index (χ0) is 16.8. The second-order valence-electron chi connectivity index (χ2n) is 4.91. The van der Waals surface area contributed by atoms with Crippen molar-refractivity contribution in [1.82, 2.24) is 4.98 Å². The molecule has 0 spiro atoms. The zero-order valence-corrected chi connectivity index (χ0v) is 13.7. The van der Waals surface area contributed by atoms with Crippen LogP contribution in [0.1, 0.15) is 37.6 Å². The van der Waals surface area contributed by atoms with E-state index in [4.69, 9.17) is 0 Å². The molecule has 0 fully saturated rings. The minimum absolute atomic E-state index is 0.125. The molecule has 1 heterocycles. The number of hydrogen-bond acceptors (Lipinski definition) is 3. The predicted octanol–water partition coefficient (Wildman–Crippen LogP) is 5.23. The second kappa shape index (κ2) is 7.54. The predicted molar refractivity (Wildman–Crippen MR) is 94.8 cm³/mol. The zero-order valence-electron chi connectivity index (χ0n) is 13.7. The Kier molecular flexibility index (Phi) is 5.47. The lowest BCUT2D eigenvalue weighted by atomic mass is 9.99. The van der Waals surface area contributed by atoms with Gasteiger partial charge < -0.3 is 5.11 Å². The molecule has 0 saturated carbocycles. The highest BCUT2D eigenvalue weighted by molar-refractivity contribution is 6.07. The summed E-state index contributed by atoms with van der Waals surface area (Å²) in [6, 6.07) is 14.7. The fourth-order valence-corrected chi connectivity index (χ4v) is 2.42. The Bertz CT molecular complexity index is 807. The molecule has 3 nitrogen and oxygen atoms in total. The van der Waals surface area contributed by atoms with Gasteiger partial charge >= 0.3 is 0 Å². The van der Waals surface area contributed by atoms with Crippen molar-refractivity contribution in [2.24, 2.45) is 0 Å². The molecule has 3 aromatic rings. The van der Waals surface area contributed by atoms with E-state index in [1.807, 2.05) is 51.1 Å². The van der Waals surface area contributed by atoms with Crippen molar-refractivity contribution in [3.8, 4) is 16.9 Å². The molecule has 1 aromatic heterocycles. The molecule has 23 heavy (non-hydrogen) atoms. The van der Waals surface area contributed by atoms with Gasteiger partial charge in [0.1, 0.15) is 5.75 Å². The first-order valence-corrected chi connectivity index (χ1v) is 7.90. The number of Topliss-reactive ketones (excluding diaryl/α,β-unsaturated/α-hetero) is 1. The molecule has 0 amide bonds. The third kappa shape index (κ3) is 3.57. The molecule has 2 aromatic carbocycles. The fraction of sp³-hybridized carbons (Fsp3) is 0.200. The Morgan fingerprint density at radius 1 is 1.00 bits per heavy atom. The van der Waals surface area contributed by atoms with Crippen LogP contribution in [0.3, 0.4) is 0 Å². The summed E-state index contributed by atoms with van der Waals surface area (Å²) >= 11 is 0. The number of pyridine rings is 1. The lowest BCUT2D eigenvalue weighted by molar-refractivity contribution is 0.0989. The lowest BCUT2D eigenvalue weighted by Gasteiger charge is -2.07. The molecular weight excluding hydrogens is 286 g/mol. The van der Waals surface area contributed by atoms with E-state index in [2.05, 4.69) is 4.98 Å². The third-order valence-corrected chi connectivity index (χ3v) is 3.56. The average molecular weight is 307 g/mol. The van der Waals surface area contributed by atoms with Crippen LogP contribution in [0.2, 0.25) is 0 Å². The van der Waals surface area contributed by atoms with Crippen molar-refractivity contribution in [3.63, 3.8) is 0 Å². The normalized spacial score (nSPS) is 10.0. The van der Waals surface area contributed by atoms with Gasteiger partial charge in [0.25, 0.3) is 0 Å². The maximum absolute atomic E-state index is 12.0. The molecule has 0 aliphatic rings. The van der Waals surface area contributed by atoms with Gasteiger partial charge in [0.2, 0.25) is 0 Å². The van der Waals surface area contributed by atoms with E-state index in [0.717, 1.165) is 27.6 Å². The van der Waals surface area contributed by atoms with Crippen LogP contribution < -0.4 is 0 Å². The molecule has 0 unspecified atom stereocenters. The first-order chi connectivity index (χ1) is 11.2. The standard InChI is InChI=1S/C18H15NO2.C2H6/c1-2-18(21)16-9-10-19-17-11-13(5-8-15(16)17)12-3-6-14(20)7-4-12;1-2/h3-11,20H,2H2,1H3;1-2H3. The van der Waals surface area contributed by atoms with E-state index < -0.39 is 0 Å². The number of nitrogens with zero attached hydrogens (tertiary/aromatic N) is 1. The number of carbonyl (C=O) groups is 1. The van der Waals surface area contributed by atoms with Crippen molar-refractivity contribution in [3.05, 3.63) is 60.3 Å². The summed E-state index contributed by atoms with van der Waals surface area (Å²) in [7, 11) is 0. The first kappa shape index (κ1) is 16.7. The lowest BCUT2D eigenvalue weighted by Crippen LogP contribution is -1.98. The molecule has 0 atom stereocenters. The van der Waals surface area contributed by atoms with Gasteiger partial charge in [-0.3, -0.25) is 9.78 Å². The number of aromatic hydroxyl groups is 1. The van der Waals surface area contributed by atoms with E-state index in [-0.39, 0.29) is 11.5 Å². The van der Waals surface area contributed by atoms with E-state index in [1.54, 1.807) is 24.4 Å². The maximum atomic E-state index is 12.0. The maximum Gasteiger partial charge on any atom is 0.163 e. The SMILES string of the molecule is CC.CCC(=O)c1ccnc2cc(-c3ccc(O)cc3)ccc12. The second-order valence-corrected chi connectivity index (χ2v) is 4.91. The van der Waals surface area contributed by atoms with Crippen molar-refractivity contribution >= 4 is 16.7 Å². The molecule has 0 bridgehead atoms. The number of hydrogen-bond donors (Lipinski definition) is 1. The van der Waals surface area contributed by atoms with Gasteiger partial charge in [-0.2, -0.15) is 0 Å². The molecule has 118 valence electrons. The van der Waals surface area contributed by atoms with Gasteiger partial charge in [-0.1, -0.05) is 45.0 Å². The van der Waals surface area contributed by atoms with Gasteiger partial charge in [-0.15, -0.1) is 0 Å². The Morgan fingerprint density at radius 3 is 2.30 bits per heavy atom. The van der Waals surface area contributed by atoms with Crippen LogP contribution in [-0.4, -0.2) is 15.9 Å². The van der Waals surface area contributed by atoms with E-state index in [1.165, 1.54) is 0 Å². The summed E-state index contributed by atoms with van der Waals surface area (Å²) in [4.78, 5) is 16.3. The van der Waals surface area contributed by atoms with Crippen LogP contribution in [0, 0.1) is 0 Å². The first-order valence-electron chi connectivity index (χ1n) is 7.90. The van der Waals surface area contributed by atoms with Crippen LogP contribution in [0.4, 0.5) is 0 Å². The highest BCUT2D eigenvalue weighted by Crippen LogP contribution is 2.26. The van der Waals surface area contributed by atoms with Crippen molar-refractivity contribution in [2.75, 3.05) is 0 Å². The largest absolute Gasteiger partial charge is 0.508 e. The number of ketones is 1. The van der Waals surface area contributed by atoms with Gasteiger partial charge in [-0.05, 0) is 35.4 Å². The van der Waals surface area contributed by atoms with Gasteiger partial charge in [0, 0.05) is 23.6 Å². The Balaban J connectivity index is 0.000000924. The number of carbonyl (C=O) groups excluding carboxylic acids is 1. The molecule has 0 radical (unpaired) electrons. The monoisotopic (exact) mass is 307 g/mol. The number of fused-ring (bicyclic) bond motifs is 1. The number of phenols is 1. The highest BCUT2D eigenvalue weighted by atomic mass is 16.3. The molecule has 0 aliphatic heterocycles. The summed E-state index contributed by atoms with van der Waals surface area (Å²) in [6.45, 7) is 5.86. The quantitative estimate of drug-likeness (QED) is 0.674. The van der Waals surface area contributed by atoms with E-state index >= 15 is 0 Å². The Labute approximate surface area is 136 Å². The summed E-state index contributed by atoms with van der Waals surface area (Å²) < 4.78 is 0. The molecule has 0 saturated heterocycles. The van der Waals surface area contributed by atoms with Gasteiger partial charge in [0.15, 0.2) is 5.78 Å². The molecular formula is C20H21NO2. The summed E-state index contributed by atoms with van der Waals surface area (Å²) in [5.41, 5.74) is 3.54. The van der Waals surface area contributed by atoms with Crippen LogP contribution >= 0.6 is 0 Å². The molecule has 1 N–H and O–H groups in total. The summed E-state index contributed by atoms with van der Waals surface area (Å²) in [5, 5.41) is 10.2. The minimum atomic E-state index is 0.125. The summed E-state index contributed by atoms with van der Waals surface area (Å²) in [5.74, 6) is 0.369. The summed E-state index contributed by atoms with van der Waals surface area (Å²) in [6.07, 6.45) is 2.16. The minimum Gasteiger partial charge on any atom is -0.508 e. The number of benzene rings is 2. The Hall–Kier alpha value is -2.68. The van der Waals surface area contributed by atoms with Crippen molar-refractivity contribution < 1.29 is 9.90 Å².